The molecule has 0 saturated carbocycles. The third-order valence-corrected chi connectivity index (χ3v) is 3.07. The summed E-state index contributed by atoms with van der Waals surface area (Å²) in [7, 11) is 1.63. The van der Waals surface area contributed by atoms with Gasteiger partial charge in [0.25, 0.3) is 0 Å². The Hall–Kier alpha value is -1.06. The Morgan fingerprint density at radius 3 is 3.00 bits per heavy atom. The average molecular weight is 222 g/mol. The molecular formula is C13H18O3. The fourth-order valence-corrected chi connectivity index (χ4v) is 2.07. The molecule has 2 rings (SSSR count). The minimum atomic E-state index is -1.11. The smallest absolute Gasteiger partial charge is 0.193 e. The lowest BCUT2D eigenvalue weighted by molar-refractivity contribution is -0.208. The molecule has 3 nitrogen and oxygen atoms in total. The van der Waals surface area contributed by atoms with Crippen molar-refractivity contribution in [3.63, 3.8) is 0 Å². The van der Waals surface area contributed by atoms with Gasteiger partial charge < -0.3 is 14.6 Å². The van der Waals surface area contributed by atoms with Crippen molar-refractivity contribution >= 4 is 0 Å². The van der Waals surface area contributed by atoms with Gasteiger partial charge in [-0.15, -0.1) is 0 Å². The molecular weight excluding hydrogens is 204 g/mol. The van der Waals surface area contributed by atoms with E-state index >= 15 is 0 Å². The third-order valence-electron chi connectivity index (χ3n) is 3.07. The van der Waals surface area contributed by atoms with Gasteiger partial charge in [-0.2, -0.15) is 0 Å². The molecule has 0 aliphatic carbocycles. The van der Waals surface area contributed by atoms with Crippen LogP contribution in [0.1, 0.15) is 37.3 Å². The minimum Gasteiger partial charge on any atom is -0.497 e. The van der Waals surface area contributed by atoms with Crippen molar-refractivity contribution in [1.82, 2.24) is 0 Å². The van der Waals surface area contributed by atoms with Crippen molar-refractivity contribution in [3.8, 4) is 5.75 Å². The van der Waals surface area contributed by atoms with E-state index in [9.17, 15) is 5.11 Å². The molecule has 1 aliphatic rings. The topological polar surface area (TPSA) is 38.7 Å². The number of aliphatic hydroxyl groups is 1. The lowest BCUT2D eigenvalue weighted by Crippen LogP contribution is -2.24. The Morgan fingerprint density at radius 1 is 1.50 bits per heavy atom. The highest BCUT2D eigenvalue weighted by Gasteiger charge is 2.37. The molecule has 16 heavy (non-hydrogen) atoms. The lowest BCUT2D eigenvalue weighted by Gasteiger charge is -2.23. The molecule has 1 aromatic carbocycles. The fraction of sp³-hybridized carbons (Fsp3) is 0.538. The van der Waals surface area contributed by atoms with Crippen molar-refractivity contribution < 1.29 is 14.6 Å². The molecule has 0 aromatic heterocycles. The number of hydrogen-bond acceptors (Lipinski definition) is 3. The number of fused-ring (bicyclic) bond motifs is 1. The van der Waals surface area contributed by atoms with E-state index in [1.54, 1.807) is 7.11 Å². The molecule has 1 unspecified atom stereocenters. The third kappa shape index (κ3) is 1.93. The van der Waals surface area contributed by atoms with E-state index in [0.29, 0.717) is 13.0 Å². The molecule has 1 atom stereocenters. The van der Waals surface area contributed by atoms with Gasteiger partial charge in [0, 0.05) is 12.0 Å². The van der Waals surface area contributed by atoms with Crippen LogP contribution >= 0.6 is 0 Å². The SMILES string of the molecule is CCCCC1(O)OCc2ccc(OC)cc21. The van der Waals surface area contributed by atoms with Crippen LogP contribution in [-0.4, -0.2) is 12.2 Å². The van der Waals surface area contributed by atoms with Crippen LogP contribution in [0.3, 0.4) is 0 Å². The van der Waals surface area contributed by atoms with E-state index in [4.69, 9.17) is 9.47 Å². The zero-order chi connectivity index (χ0) is 11.6. The molecule has 0 fully saturated rings. The van der Waals surface area contributed by atoms with E-state index in [-0.39, 0.29) is 0 Å². The predicted octanol–water partition coefficient (Wildman–Crippen LogP) is 2.56. The van der Waals surface area contributed by atoms with Crippen LogP contribution in [0, 0.1) is 0 Å². The number of rotatable bonds is 4. The largest absolute Gasteiger partial charge is 0.497 e. The van der Waals surface area contributed by atoms with E-state index in [1.165, 1.54) is 0 Å². The van der Waals surface area contributed by atoms with Crippen LogP contribution in [0.15, 0.2) is 18.2 Å². The highest BCUT2D eigenvalue weighted by Crippen LogP contribution is 2.39. The Bertz CT molecular complexity index is 375. The van der Waals surface area contributed by atoms with Crippen LogP contribution in [0.2, 0.25) is 0 Å². The summed E-state index contributed by atoms with van der Waals surface area (Å²) in [5.41, 5.74) is 1.92. The molecule has 1 heterocycles. The van der Waals surface area contributed by atoms with Gasteiger partial charge in [-0.25, -0.2) is 0 Å². The van der Waals surface area contributed by atoms with Gasteiger partial charge in [0.2, 0.25) is 0 Å². The van der Waals surface area contributed by atoms with Crippen LogP contribution in [-0.2, 0) is 17.1 Å². The molecule has 0 saturated heterocycles. The zero-order valence-electron chi connectivity index (χ0n) is 9.82. The Kier molecular flexibility index (Phi) is 3.17. The zero-order valence-corrected chi connectivity index (χ0v) is 9.82. The first kappa shape index (κ1) is 11.4. The second-order valence-electron chi connectivity index (χ2n) is 4.20. The predicted molar refractivity (Wildman–Crippen MR) is 61.2 cm³/mol. The highest BCUT2D eigenvalue weighted by atomic mass is 16.6. The van der Waals surface area contributed by atoms with Crippen molar-refractivity contribution in [1.29, 1.82) is 0 Å². The molecule has 0 bridgehead atoms. The summed E-state index contributed by atoms with van der Waals surface area (Å²) in [6.07, 6.45) is 2.64. The number of benzene rings is 1. The van der Waals surface area contributed by atoms with Crippen LogP contribution in [0.5, 0.6) is 5.75 Å². The standard InChI is InChI=1S/C13H18O3/c1-3-4-7-13(14)12-8-11(15-2)6-5-10(12)9-16-13/h5-6,8,14H,3-4,7,9H2,1-2H3. The minimum absolute atomic E-state index is 0.486. The quantitative estimate of drug-likeness (QED) is 0.851. The molecule has 0 amide bonds. The second kappa shape index (κ2) is 4.44. The fourth-order valence-electron chi connectivity index (χ4n) is 2.07. The van der Waals surface area contributed by atoms with E-state index < -0.39 is 5.79 Å². The molecule has 3 heteroatoms. The van der Waals surface area contributed by atoms with Gasteiger partial charge in [-0.1, -0.05) is 19.4 Å². The summed E-state index contributed by atoms with van der Waals surface area (Å²) in [6.45, 7) is 2.59. The number of hydrogen-bond donors (Lipinski definition) is 1. The normalized spacial score (nSPS) is 23.2. The maximum Gasteiger partial charge on any atom is 0.193 e. The van der Waals surface area contributed by atoms with Gasteiger partial charge in [-0.05, 0) is 24.1 Å². The van der Waals surface area contributed by atoms with Gasteiger partial charge in [-0.3, -0.25) is 0 Å². The first-order valence-corrected chi connectivity index (χ1v) is 5.73. The van der Waals surface area contributed by atoms with E-state index in [0.717, 1.165) is 29.7 Å². The van der Waals surface area contributed by atoms with Crippen molar-refractivity contribution in [3.05, 3.63) is 29.3 Å². The van der Waals surface area contributed by atoms with Gasteiger partial charge in [0.15, 0.2) is 5.79 Å². The monoisotopic (exact) mass is 222 g/mol. The number of ether oxygens (including phenoxy) is 2. The molecule has 88 valence electrons. The molecule has 1 aromatic rings. The Balaban J connectivity index is 2.29. The number of methoxy groups -OCH3 is 1. The Morgan fingerprint density at radius 2 is 2.31 bits per heavy atom. The van der Waals surface area contributed by atoms with Gasteiger partial charge >= 0.3 is 0 Å². The maximum atomic E-state index is 10.4. The Labute approximate surface area is 96.0 Å². The summed E-state index contributed by atoms with van der Waals surface area (Å²) >= 11 is 0. The molecule has 0 radical (unpaired) electrons. The summed E-state index contributed by atoms with van der Waals surface area (Å²) in [5, 5.41) is 10.4. The van der Waals surface area contributed by atoms with Crippen LogP contribution in [0.4, 0.5) is 0 Å². The van der Waals surface area contributed by atoms with Crippen molar-refractivity contribution in [2.75, 3.05) is 7.11 Å². The van der Waals surface area contributed by atoms with E-state index in [1.807, 2.05) is 18.2 Å². The lowest BCUT2D eigenvalue weighted by atomic mass is 9.98. The molecule has 1 aliphatic heterocycles. The average Bonchev–Trinajstić information content (AvgIpc) is 2.65. The van der Waals surface area contributed by atoms with Crippen molar-refractivity contribution in [2.45, 2.75) is 38.6 Å². The van der Waals surface area contributed by atoms with Crippen LogP contribution < -0.4 is 4.74 Å². The first-order chi connectivity index (χ1) is 7.69. The summed E-state index contributed by atoms with van der Waals surface area (Å²) in [5.74, 6) is -0.348. The molecule has 0 spiro atoms. The summed E-state index contributed by atoms with van der Waals surface area (Å²) < 4.78 is 10.7. The highest BCUT2D eigenvalue weighted by molar-refractivity contribution is 5.40. The van der Waals surface area contributed by atoms with Crippen molar-refractivity contribution in [2.24, 2.45) is 0 Å². The molecule has 1 N–H and O–H groups in total. The van der Waals surface area contributed by atoms with Gasteiger partial charge in [0.05, 0.1) is 13.7 Å². The second-order valence-corrected chi connectivity index (χ2v) is 4.20. The number of unbranched alkanes of at least 4 members (excludes halogenated alkanes) is 1. The maximum absolute atomic E-state index is 10.4. The van der Waals surface area contributed by atoms with E-state index in [2.05, 4.69) is 6.92 Å². The first-order valence-electron chi connectivity index (χ1n) is 5.73. The summed E-state index contributed by atoms with van der Waals surface area (Å²) in [6, 6.07) is 5.73. The van der Waals surface area contributed by atoms with Crippen LogP contribution in [0.25, 0.3) is 0 Å². The van der Waals surface area contributed by atoms with Gasteiger partial charge in [0.1, 0.15) is 5.75 Å². The summed E-state index contributed by atoms with van der Waals surface area (Å²) in [4.78, 5) is 0.